The Morgan fingerprint density at radius 3 is 2.54 bits per heavy atom. The van der Waals surface area contributed by atoms with Gasteiger partial charge in [0.15, 0.2) is 0 Å². The van der Waals surface area contributed by atoms with E-state index in [1.807, 2.05) is 36.0 Å². The first-order valence-electron chi connectivity index (χ1n) is 9.44. The fourth-order valence-electron chi connectivity index (χ4n) is 3.09. The third-order valence-corrected chi connectivity index (χ3v) is 4.62. The van der Waals surface area contributed by atoms with E-state index in [9.17, 15) is 9.18 Å². The monoisotopic (exact) mass is 380 g/mol. The summed E-state index contributed by atoms with van der Waals surface area (Å²) in [4.78, 5) is 16.7. The molecular formula is C22H25FN4O. The van der Waals surface area contributed by atoms with Crippen LogP contribution in [0.3, 0.4) is 0 Å². The number of hydrogen-bond donors (Lipinski definition) is 2. The topological polar surface area (TPSA) is 59.0 Å². The van der Waals surface area contributed by atoms with Gasteiger partial charge in [0.1, 0.15) is 17.7 Å². The van der Waals surface area contributed by atoms with Crippen LogP contribution in [0.15, 0.2) is 67.0 Å². The molecule has 0 aliphatic heterocycles. The number of amides is 2. The van der Waals surface area contributed by atoms with Gasteiger partial charge in [-0.1, -0.05) is 42.5 Å². The quantitative estimate of drug-likeness (QED) is 0.581. The molecule has 0 saturated heterocycles. The lowest BCUT2D eigenvalue weighted by atomic mass is 10.1. The number of rotatable bonds is 8. The zero-order valence-corrected chi connectivity index (χ0v) is 15.9. The minimum absolute atomic E-state index is 0.267. The van der Waals surface area contributed by atoms with Crippen LogP contribution in [0.5, 0.6) is 0 Å². The molecule has 1 aromatic heterocycles. The molecular weight excluding hydrogens is 355 g/mol. The second-order valence-corrected chi connectivity index (χ2v) is 6.72. The number of aryl methyl sites for hydroxylation is 2. The molecule has 0 saturated carbocycles. The Morgan fingerprint density at radius 1 is 1.11 bits per heavy atom. The van der Waals surface area contributed by atoms with Gasteiger partial charge in [0.05, 0.1) is 0 Å². The summed E-state index contributed by atoms with van der Waals surface area (Å²) in [5.41, 5.74) is 2.08. The first-order valence-corrected chi connectivity index (χ1v) is 9.44. The summed E-state index contributed by atoms with van der Waals surface area (Å²) < 4.78 is 15.1. The van der Waals surface area contributed by atoms with Crippen molar-refractivity contribution in [3.63, 3.8) is 0 Å². The van der Waals surface area contributed by atoms with E-state index in [-0.39, 0.29) is 11.8 Å². The maximum absolute atomic E-state index is 13.3. The lowest BCUT2D eigenvalue weighted by molar-refractivity contribution is 0.238. The van der Waals surface area contributed by atoms with Gasteiger partial charge >= 0.3 is 6.03 Å². The van der Waals surface area contributed by atoms with E-state index in [0.29, 0.717) is 12.4 Å². The fourth-order valence-corrected chi connectivity index (χ4v) is 3.09. The summed E-state index contributed by atoms with van der Waals surface area (Å²) in [7, 11) is 1.86. The summed E-state index contributed by atoms with van der Waals surface area (Å²) in [6.45, 7) is 0.593. The zero-order chi connectivity index (χ0) is 19.8. The minimum atomic E-state index is -0.454. The summed E-state index contributed by atoms with van der Waals surface area (Å²) in [5.74, 6) is 0.371. The van der Waals surface area contributed by atoms with E-state index in [0.717, 1.165) is 24.8 Å². The van der Waals surface area contributed by atoms with Crippen molar-refractivity contribution in [2.75, 3.05) is 6.54 Å². The van der Waals surface area contributed by atoms with E-state index >= 15 is 0 Å². The first kappa shape index (κ1) is 19.6. The minimum Gasteiger partial charge on any atom is -0.338 e. The van der Waals surface area contributed by atoms with Crippen molar-refractivity contribution in [2.24, 2.45) is 7.05 Å². The van der Waals surface area contributed by atoms with Gasteiger partial charge in [-0.15, -0.1) is 0 Å². The van der Waals surface area contributed by atoms with Crippen molar-refractivity contribution in [1.82, 2.24) is 20.2 Å². The standard InChI is InChI=1S/C22H25FN4O/c1-27-16-15-24-21(27)20(18-10-12-19(23)13-11-18)26-22(28)25-14-6-5-9-17-7-3-2-4-8-17/h2-4,7-8,10-13,15-16,20H,5-6,9,14H2,1H3,(H2,25,26,28). The van der Waals surface area contributed by atoms with Crippen molar-refractivity contribution in [2.45, 2.75) is 25.3 Å². The summed E-state index contributed by atoms with van der Waals surface area (Å²) in [6, 6.07) is 15.7. The average molecular weight is 380 g/mol. The zero-order valence-electron chi connectivity index (χ0n) is 15.9. The van der Waals surface area contributed by atoms with Crippen LogP contribution in [0.4, 0.5) is 9.18 Å². The predicted octanol–water partition coefficient (Wildman–Crippen LogP) is 3.97. The normalized spacial score (nSPS) is 11.8. The molecule has 3 aromatic rings. The number of nitrogens with one attached hydrogen (secondary N) is 2. The highest BCUT2D eigenvalue weighted by Gasteiger charge is 2.20. The van der Waals surface area contributed by atoms with Gasteiger partial charge in [0.25, 0.3) is 0 Å². The molecule has 1 heterocycles. The van der Waals surface area contributed by atoms with Crippen LogP contribution in [0.1, 0.15) is 35.8 Å². The molecule has 0 aliphatic carbocycles. The molecule has 1 atom stereocenters. The fraction of sp³-hybridized carbons (Fsp3) is 0.273. The number of aromatic nitrogens is 2. The van der Waals surface area contributed by atoms with E-state index in [1.165, 1.54) is 17.7 Å². The average Bonchev–Trinajstić information content (AvgIpc) is 3.13. The van der Waals surface area contributed by atoms with Gasteiger partial charge in [0.2, 0.25) is 0 Å². The summed E-state index contributed by atoms with van der Waals surface area (Å²) in [5, 5.41) is 5.85. The molecule has 5 nitrogen and oxygen atoms in total. The highest BCUT2D eigenvalue weighted by Crippen LogP contribution is 2.20. The van der Waals surface area contributed by atoms with Gasteiger partial charge in [-0.3, -0.25) is 0 Å². The smallest absolute Gasteiger partial charge is 0.315 e. The van der Waals surface area contributed by atoms with E-state index in [4.69, 9.17) is 0 Å². The third kappa shape index (κ3) is 5.42. The number of carbonyl (C=O) groups excluding carboxylic acids is 1. The van der Waals surface area contributed by atoms with Crippen LogP contribution in [0.2, 0.25) is 0 Å². The van der Waals surface area contributed by atoms with Gasteiger partial charge in [-0.25, -0.2) is 14.2 Å². The molecule has 0 bridgehead atoms. The second-order valence-electron chi connectivity index (χ2n) is 6.72. The van der Waals surface area contributed by atoms with Crippen molar-refractivity contribution >= 4 is 6.03 Å². The number of carbonyl (C=O) groups is 1. The largest absolute Gasteiger partial charge is 0.338 e. The number of halogens is 1. The molecule has 0 spiro atoms. The molecule has 0 aliphatic rings. The number of imidazole rings is 1. The Bertz CT molecular complexity index is 877. The highest BCUT2D eigenvalue weighted by atomic mass is 19.1. The first-order chi connectivity index (χ1) is 13.6. The van der Waals surface area contributed by atoms with Crippen LogP contribution < -0.4 is 10.6 Å². The Kier molecular flexibility index (Phi) is 6.78. The summed E-state index contributed by atoms with van der Waals surface area (Å²) >= 11 is 0. The maximum Gasteiger partial charge on any atom is 0.315 e. The van der Waals surface area contributed by atoms with Crippen molar-refractivity contribution < 1.29 is 9.18 Å². The highest BCUT2D eigenvalue weighted by molar-refractivity contribution is 5.74. The van der Waals surface area contributed by atoms with Gasteiger partial charge < -0.3 is 15.2 Å². The molecule has 0 radical (unpaired) electrons. The van der Waals surface area contributed by atoms with E-state index in [2.05, 4.69) is 27.8 Å². The Labute approximate surface area is 164 Å². The van der Waals surface area contributed by atoms with Gasteiger partial charge in [-0.2, -0.15) is 0 Å². The maximum atomic E-state index is 13.3. The van der Waals surface area contributed by atoms with Crippen LogP contribution in [0.25, 0.3) is 0 Å². The lowest BCUT2D eigenvalue weighted by Crippen LogP contribution is -2.39. The number of benzene rings is 2. The Morgan fingerprint density at radius 2 is 1.86 bits per heavy atom. The summed E-state index contributed by atoms with van der Waals surface area (Å²) in [6.07, 6.45) is 6.39. The van der Waals surface area contributed by atoms with Crippen LogP contribution in [-0.2, 0) is 13.5 Å². The van der Waals surface area contributed by atoms with Crippen LogP contribution in [0, 0.1) is 5.82 Å². The number of hydrogen-bond acceptors (Lipinski definition) is 2. The molecule has 2 amide bonds. The lowest BCUT2D eigenvalue weighted by Gasteiger charge is -2.19. The van der Waals surface area contributed by atoms with Gasteiger partial charge in [0, 0.05) is 26.0 Å². The Hall–Kier alpha value is -3.15. The number of urea groups is 1. The molecule has 1 unspecified atom stereocenters. The molecule has 28 heavy (non-hydrogen) atoms. The molecule has 0 fully saturated rings. The van der Waals surface area contributed by atoms with Crippen molar-refractivity contribution in [3.05, 3.63) is 89.8 Å². The molecule has 2 aromatic carbocycles. The van der Waals surface area contributed by atoms with E-state index < -0.39 is 6.04 Å². The van der Waals surface area contributed by atoms with Gasteiger partial charge in [-0.05, 0) is 42.5 Å². The Balaban J connectivity index is 1.53. The molecule has 3 rings (SSSR count). The second kappa shape index (κ2) is 9.69. The molecule has 2 N–H and O–H groups in total. The van der Waals surface area contributed by atoms with E-state index in [1.54, 1.807) is 18.3 Å². The molecule has 146 valence electrons. The number of nitrogens with zero attached hydrogens (tertiary/aromatic N) is 2. The SMILES string of the molecule is Cn1ccnc1C(NC(=O)NCCCCc1ccccc1)c1ccc(F)cc1. The third-order valence-electron chi connectivity index (χ3n) is 4.62. The van der Waals surface area contributed by atoms with Crippen molar-refractivity contribution in [3.8, 4) is 0 Å². The van der Waals surface area contributed by atoms with Crippen LogP contribution in [-0.4, -0.2) is 22.1 Å². The van der Waals surface area contributed by atoms with Crippen molar-refractivity contribution in [1.29, 1.82) is 0 Å². The number of unbranched alkanes of at least 4 members (excludes halogenated alkanes) is 1. The van der Waals surface area contributed by atoms with Crippen LogP contribution >= 0.6 is 0 Å². The predicted molar refractivity (Wildman–Crippen MR) is 107 cm³/mol. The molecule has 6 heteroatoms.